The Morgan fingerprint density at radius 1 is 0.667 bits per heavy atom. The van der Waals surface area contributed by atoms with Crippen molar-refractivity contribution in [3.63, 3.8) is 0 Å². The molecule has 0 aliphatic rings. The van der Waals surface area contributed by atoms with Gasteiger partial charge in [0.05, 0.1) is 99.1 Å². The Labute approximate surface area is 300 Å². The van der Waals surface area contributed by atoms with Gasteiger partial charge in [0.15, 0.2) is 0 Å². The highest BCUT2D eigenvalue weighted by Gasteiger charge is 2.14. The Balaban J connectivity index is 1.30. The van der Waals surface area contributed by atoms with Crippen molar-refractivity contribution in [2.24, 2.45) is 5.84 Å². The van der Waals surface area contributed by atoms with Gasteiger partial charge in [0, 0.05) is 49.8 Å². The number of hydrogen-bond donors (Lipinski definition) is 3. The summed E-state index contributed by atoms with van der Waals surface area (Å²) in [6.45, 7) is 13.3. The number of ether oxygens (including phenoxy) is 8. The minimum atomic E-state index is -0.675. The molecule has 0 unspecified atom stereocenters. The molecule has 0 atom stereocenters. The largest absolute Gasteiger partial charge is 0.422 e. The van der Waals surface area contributed by atoms with Crippen LogP contribution in [0.2, 0.25) is 0 Å². The molecule has 51 heavy (non-hydrogen) atoms. The van der Waals surface area contributed by atoms with E-state index < -0.39 is 11.5 Å². The highest BCUT2D eigenvalue weighted by atomic mass is 16.6. The van der Waals surface area contributed by atoms with Gasteiger partial charge in [-0.1, -0.05) is 0 Å². The number of fused-ring (bicyclic) bond motifs is 1. The molecular formula is C35H58N4O12. The van der Waals surface area contributed by atoms with Crippen LogP contribution in [0.3, 0.4) is 0 Å². The number of nitrogens with two attached hydrogens (primary N) is 1. The van der Waals surface area contributed by atoms with E-state index in [-0.39, 0.29) is 24.6 Å². The van der Waals surface area contributed by atoms with Crippen molar-refractivity contribution in [1.29, 1.82) is 0 Å². The van der Waals surface area contributed by atoms with Crippen molar-refractivity contribution in [2.45, 2.75) is 33.1 Å². The average Bonchev–Trinajstić information content (AvgIpc) is 3.14. The van der Waals surface area contributed by atoms with E-state index in [1.165, 1.54) is 0 Å². The molecule has 0 bridgehead atoms. The molecular weight excluding hydrogens is 668 g/mol. The Hall–Kier alpha value is -3.19. The Kier molecular flexibility index (Phi) is 25.3. The van der Waals surface area contributed by atoms with Crippen LogP contribution >= 0.6 is 0 Å². The van der Waals surface area contributed by atoms with Gasteiger partial charge < -0.3 is 52.5 Å². The van der Waals surface area contributed by atoms with Crippen molar-refractivity contribution in [2.75, 3.05) is 130 Å². The molecule has 0 spiro atoms. The summed E-state index contributed by atoms with van der Waals surface area (Å²) >= 11 is 0. The van der Waals surface area contributed by atoms with E-state index in [1.54, 1.807) is 6.07 Å². The molecule has 0 radical (unpaired) electrons. The van der Waals surface area contributed by atoms with Crippen LogP contribution in [0.25, 0.3) is 11.0 Å². The number of benzene rings is 1. The standard InChI is InChI=1S/C35H58N4O12/c1-3-39(4-2)30-9-8-29-27-31(35(42)51-32(29)28-30)34(41)37-10-12-44-14-16-46-18-20-48-22-24-50-26-25-49-23-21-47-19-17-45-15-13-43-11-6-5-7-33(40)38-36/h8-9,27-28H,3-7,10-26,36H2,1-2H3,(H,37,41)(H,38,40). The summed E-state index contributed by atoms with van der Waals surface area (Å²) in [5.74, 6) is 4.35. The summed E-state index contributed by atoms with van der Waals surface area (Å²) < 4.78 is 49.1. The van der Waals surface area contributed by atoms with E-state index in [4.69, 9.17) is 48.2 Å². The number of anilines is 1. The summed E-state index contributed by atoms with van der Waals surface area (Å²) in [6, 6.07) is 7.18. The van der Waals surface area contributed by atoms with Gasteiger partial charge in [-0.05, 0) is 44.9 Å². The number of hydrogen-bond acceptors (Lipinski definition) is 14. The minimum Gasteiger partial charge on any atom is -0.422 e. The van der Waals surface area contributed by atoms with Gasteiger partial charge in [0.1, 0.15) is 11.1 Å². The average molecular weight is 727 g/mol. The van der Waals surface area contributed by atoms with Crippen LogP contribution in [-0.2, 0) is 42.7 Å². The van der Waals surface area contributed by atoms with Crippen LogP contribution in [0.1, 0.15) is 43.5 Å². The van der Waals surface area contributed by atoms with Gasteiger partial charge in [-0.15, -0.1) is 0 Å². The number of hydrazine groups is 1. The van der Waals surface area contributed by atoms with Crippen LogP contribution in [0.15, 0.2) is 33.5 Å². The predicted octanol–water partition coefficient (Wildman–Crippen LogP) is 1.66. The number of nitrogens with one attached hydrogen (secondary N) is 2. The summed E-state index contributed by atoms with van der Waals surface area (Å²) in [5, 5.41) is 3.37. The van der Waals surface area contributed by atoms with E-state index in [1.807, 2.05) is 18.2 Å². The van der Waals surface area contributed by atoms with E-state index in [9.17, 15) is 14.4 Å². The molecule has 2 rings (SSSR count). The number of nitrogens with zero attached hydrogens (tertiary/aromatic N) is 1. The third-order valence-electron chi connectivity index (χ3n) is 7.33. The van der Waals surface area contributed by atoms with Gasteiger partial charge >= 0.3 is 5.63 Å². The van der Waals surface area contributed by atoms with Gasteiger partial charge in [-0.2, -0.15) is 0 Å². The molecule has 0 fully saturated rings. The molecule has 4 N–H and O–H groups in total. The van der Waals surface area contributed by atoms with Crippen molar-refractivity contribution in [1.82, 2.24) is 10.7 Å². The van der Waals surface area contributed by atoms with Gasteiger partial charge in [0.25, 0.3) is 5.91 Å². The number of carbonyl (C=O) groups is 2. The van der Waals surface area contributed by atoms with Crippen molar-refractivity contribution >= 4 is 28.5 Å². The lowest BCUT2D eigenvalue weighted by atomic mass is 10.1. The summed E-state index contributed by atoms with van der Waals surface area (Å²) in [5.41, 5.74) is 2.79. The lowest BCUT2D eigenvalue weighted by Gasteiger charge is -2.21. The first-order valence-electron chi connectivity index (χ1n) is 17.7. The van der Waals surface area contributed by atoms with Crippen LogP contribution in [0.4, 0.5) is 5.69 Å². The third kappa shape index (κ3) is 20.4. The number of rotatable bonds is 33. The third-order valence-corrected chi connectivity index (χ3v) is 7.33. The zero-order valence-corrected chi connectivity index (χ0v) is 30.3. The van der Waals surface area contributed by atoms with E-state index >= 15 is 0 Å². The lowest BCUT2D eigenvalue weighted by molar-refractivity contribution is -0.121. The molecule has 0 saturated heterocycles. The number of amides is 2. The minimum absolute atomic E-state index is 0.0411. The Morgan fingerprint density at radius 3 is 1.61 bits per heavy atom. The zero-order valence-electron chi connectivity index (χ0n) is 30.3. The van der Waals surface area contributed by atoms with Gasteiger partial charge in [-0.3, -0.25) is 15.0 Å². The molecule has 1 aromatic heterocycles. The zero-order chi connectivity index (χ0) is 36.8. The van der Waals surface area contributed by atoms with Gasteiger partial charge in [-0.25, -0.2) is 10.6 Å². The Morgan fingerprint density at radius 2 is 1.14 bits per heavy atom. The van der Waals surface area contributed by atoms with E-state index in [0.717, 1.165) is 31.6 Å². The fourth-order valence-electron chi connectivity index (χ4n) is 4.58. The second-order valence-electron chi connectivity index (χ2n) is 11.0. The topological polar surface area (TPSA) is 192 Å². The van der Waals surface area contributed by atoms with Crippen LogP contribution in [0, 0.1) is 0 Å². The fourth-order valence-corrected chi connectivity index (χ4v) is 4.58. The first kappa shape index (κ1) is 44.0. The molecule has 0 aliphatic heterocycles. The smallest absolute Gasteiger partial charge is 0.349 e. The summed E-state index contributed by atoms with van der Waals surface area (Å²) in [4.78, 5) is 38.1. The molecule has 290 valence electrons. The quantitative estimate of drug-likeness (QED) is 0.0316. The highest BCUT2D eigenvalue weighted by Crippen LogP contribution is 2.22. The highest BCUT2D eigenvalue weighted by molar-refractivity contribution is 5.97. The first-order valence-corrected chi connectivity index (χ1v) is 17.7. The summed E-state index contributed by atoms with van der Waals surface area (Å²) in [6.07, 6.45) is 1.94. The Bertz CT molecular complexity index is 1260. The molecule has 0 saturated carbocycles. The van der Waals surface area contributed by atoms with Crippen LogP contribution < -0.4 is 27.1 Å². The SMILES string of the molecule is CCN(CC)c1ccc2cc(C(=O)NCCOCCOCCOCCOCCOCCOCCOCCOCCCCC(=O)NN)c(=O)oc2c1. The predicted molar refractivity (Wildman–Crippen MR) is 191 cm³/mol. The second kappa shape index (κ2) is 29.4. The fraction of sp³-hybridized carbons (Fsp3) is 0.686. The number of carbonyl (C=O) groups excluding carboxylic acids is 2. The molecule has 16 heteroatoms. The number of unbranched alkanes of at least 4 members (excludes halogenated alkanes) is 1. The normalized spacial score (nSPS) is 11.3. The molecule has 2 aromatic rings. The maximum Gasteiger partial charge on any atom is 0.349 e. The van der Waals surface area contributed by atoms with Crippen LogP contribution in [0.5, 0.6) is 0 Å². The van der Waals surface area contributed by atoms with Gasteiger partial charge in [0.2, 0.25) is 5.91 Å². The van der Waals surface area contributed by atoms with E-state index in [2.05, 4.69) is 29.5 Å². The second-order valence-corrected chi connectivity index (χ2v) is 11.0. The molecule has 2 amide bonds. The first-order chi connectivity index (χ1) is 25.0. The van der Waals surface area contributed by atoms with Crippen molar-refractivity contribution in [3.05, 3.63) is 40.2 Å². The molecule has 0 aliphatic carbocycles. The van der Waals surface area contributed by atoms with Crippen LogP contribution in [-0.4, -0.2) is 137 Å². The van der Waals surface area contributed by atoms with E-state index in [0.29, 0.717) is 116 Å². The maximum atomic E-state index is 12.5. The summed E-state index contributed by atoms with van der Waals surface area (Å²) in [7, 11) is 0. The monoisotopic (exact) mass is 726 g/mol. The molecule has 1 aromatic carbocycles. The molecule has 1 heterocycles. The molecule has 16 nitrogen and oxygen atoms in total. The van der Waals surface area contributed by atoms with Crippen molar-refractivity contribution < 1.29 is 51.9 Å². The maximum absolute atomic E-state index is 12.5. The lowest BCUT2D eigenvalue weighted by Crippen LogP contribution is -2.31. The van der Waals surface area contributed by atoms with Crippen molar-refractivity contribution in [3.8, 4) is 0 Å².